The summed E-state index contributed by atoms with van der Waals surface area (Å²) in [5, 5.41) is 0.248. The highest BCUT2D eigenvalue weighted by Gasteiger charge is 2.05. The van der Waals surface area contributed by atoms with Gasteiger partial charge in [-0.05, 0) is 19.9 Å². The molecule has 15 heavy (non-hydrogen) atoms. The Morgan fingerprint density at radius 2 is 2.20 bits per heavy atom. The number of pyridine rings is 1. The number of nitrogens with zero attached hydrogens (tertiary/aromatic N) is 1. The Balaban J connectivity index is 2.37. The third kappa shape index (κ3) is 4.44. The van der Waals surface area contributed by atoms with Crippen molar-refractivity contribution in [1.82, 2.24) is 4.98 Å². The second kappa shape index (κ2) is 5.88. The van der Waals surface area contributed by atoms with Crippen molar-refractivity contribution in [2.75, 3.05) is 13.2 Å². The summed E-state index contributed by atoms with van der Waals surface area (Å²) < 4.78 is 23.4. The minimum atomic E-state index is -0.563. The topological polar surface area (TPSA) is 31.4 Å². The minimum absolute atomic E-state index is 0.0493. The number of rotatable bonds is 5. The van der Waals surface area contributed by atoms with E-state index >= 15 is 0 Å². The molecule has 0 saturated heterocycles. The van der Waals surface area contributed by atoms with Crippen LogP contribution in [0.1, 0.15) is 13.8 Å². The second-order valence-electron chi connectivity index (χ2n) is 3.21. The van der Waals surface area contributed by atoms with Crippen molar-refractivity contribution in [2.45, 2.75) is 20.0 Å². The van der Waals surface area contributed by atoms with E-state index in [1.165, 1.54) is 6.20 Å². The lowest BCUT2D eigenvalue weighted by molar-refractivity contribution is 0.0533. The second-order valence-corrected chi connectivity index (χ2v) is 3.64. The highest BCUT2D eigenvalue weighted by atomic mass is 35.5. The minimum Gasteiger partial charge on any atom is -0.473 e. The van der Waals surface area contributed by atoms with Crippen molar-refractivity contribution >= 4 is 11.6 Å². The smallest absolute Gasteiger partial charge is 0.250 e. The van der Waals surface area contributed by atoms with Crippen molar-refractivity contribution in [3.05, 3.63) is 23.1 Å². The summed E-state index contributed by atoms with van der Waals surface area (Å²) in [5.74, 6) is -0.612. The molecule has 5 heteroatoms. The van der Waals surface area contributed by atoms with Crippen LogP contribution in [0.4, 0.5) is 4.39 Å². The summed E-state index contributed by atoms with van der Waals surface area (Å²) in [6, 6.07) is 1.16. The van der Waals surface area contributed by atoms with Gasteiger partial charge in [0.1, 0.15) is 6.61 Å². The highest BCUT2D eigenvalue weighted by molar-refractivity contribution is 6.30. The Hall–Kier alpha value is -0.870. The molecule has 0 aliphatic carbocycles. The maximum absolute atomic E-state index is 13.1. The molecule has 84 valence electrons. The first kappa shape index (κ1) is 12.2. The van der Waals surface area contributed by atoms with Crippen LogP contribution in [0, 0.1) is 5.82 Å². The molecule has 0 N–H and O–H groups in total. The van der Waals surface area contributed by atoms with Gasteiger partial charge in [0.2, 0.25) is 0 Å². The van der Waals surface area contributed by atoms with Crippen LogP contribution in [0.25, 0.3) is 0 Å². The van der Waals surface area contributed by atoms with Gasteiger partial charge in [-0.2, -0.15) is 0 Å². The lowest BCUT2D eigenvalue weighted by Crippen LogP contribution is -2.12. The first-order valence-electron chi connectivity index (χ1n) is 4.65. The van der Waals surface area contributed by atoms with Gasteiger partial charge < -0.3 is 9.47 Å². The summed E-state index contributed by atoms with van der Waals surface area (Å²) in [4.78, 5) is 3.71. The van der Waals surface area contributed by atoms with Crippen LogP contribution >= 0.6 is 11.6 Å². The Labute approximate surface area is 93.2 Å². The summed E-state index contributed by atoms with van der Waals surface area (Å²) in [6.45, 7) is 4.51. The maximum atomic E-state index is 13.1. The Kier molecular flexibility index (Phi) is 4.78. The largest absolute Gasteiger partial charge is 0.473 e. The van der Waals surface area contributed by atoms with Gasteiger partial charge in [0.25, 0.3) is 5.88 Å². The number of hydrogen-bond acceptors (Lipinski definition) is 3. The molecular formula is C10H13ClFNO2. The van der Waals surface area contributed by atoms with E-state index in [1.807, 2.05) is 13.8 Å². The molecule has 0 atom stereocenters. The van der Waals surface area contributed by atoms with Crippen LogP contribution in [-0.2, 0) is 4.74 Å². The third-order valence-corrected chi connectivity index (χ3v) is 1.75. The molecule has 0 unspecified atom stereocenters. The van der Waals surface area contributed by atoms with E-state index in [1.54, 1.807) is 0 Å². The van der Waals surface area contributed by atoms with Crippen molar-refractivity contribution in [1.29, 1.82) is 0 Å². The van der Waals surface area contributed by atoms with Crippen LogP contribution in [0.3, 0.4) is 0 Å². The fourth-order valence-corrected chi connectivity index (χ4v) is 1.07. The van der Waals surface area contributed by atoms with E-state index in [9.17, 15) is 4.39 Å². The van der Waals surface area contributed by atoms with E-state index < -0.39 is 5.82 Å². The average Bonchev–Trinajstić information content (AvgIpc) is 2.14. The molecule has 0 aromatic carbocycles. The monoisotopic (exact) mass is 233 g/mol. The molecule has 0 aliphatic rings. The molecule has 3 nitrogen and oxygen atoms in total. The van der Waals surface area contributed by atoms with Crippen LogP contribution in [0.5, 0.6) is 5.88 Å². The quantitative estimate of drug-likeness (QED) is 0.733. The van der Waals surface area contributed by atoms with E-state index in [0.29, 0.717) is 6.61 Å². The molecule has 0 fully saturated rings. The fourth-order valence-electron chi connectivity index (χ4n) is 0.930. The predicted molar refractivity (Wildman–Crippen MR) is 55.8 cm³/mol. The maximum Gasteiger partial charge on any atom is 0.250 e. The van der Waals surface area contributed by atoms with Gasteiger partial charge in [0.05, 0.1) is 17.7 Å². The van der Waals surface area contributed by atoms with Gasteiger partial charge in [0.15, 0.2) is 5.82 Å². The van der Waals surface area contributed by atoms with Crippen molar-refractivity contribution in [3.63, 3.8) is 0 Å². The van der Waals surface area contributed by atoms with Crippen LogP contribution < -0.4 is 4.74 Å². The summed E-state index contributed by atoms with van der Waals surface area (Å²) in [6.07, 6.45) is 1.47. The zero-order valence-corrected chi connectivity index (χ0v) is 9.42. The van der Waals surface area contributed by atoms with E-state index in [-0.39, 0.29) is 23.6 Å². The number of ether oxygens (including phenoxy) is 2. The van der Waals surface area contributed by atoms with Gasteiger partial charge in [-0.15, -0.1) is 0 Å². The molecule has 0 spiro atoms. The molecule has 0 radical (unpaired) electrons. The number of halogens is 2. The Morgan fingerprint density at radius 3 is 2.80 bits per heavy atom. The van der Waals surface area contributed by atoms with Gasteiger partial charge in [-0.1, -0.05) is 11.6 Å². The molecule has 0 amide bonds. The lowest BCUT2D eigenvalue weighted by atomic mass is 10.4. The highest BCUT2D eigenvalue weighted by Crippen LogP contribution is 2.17. The lowest BCUT2D eigenvalue weighted by Gasteiger charge is -2.08. The average molecular weight is 234 g/mol. The van der Waals surface area contributed by atoms with Crippen LogP contribution in [-0.4, -0.2) is 24.3 Å². The SMILES string of the molecule is CC(C)OCCOc1ncc(Cl)cc1F. The molecule has 0 saturated carbocycles. The summed E-state index contributed by atoms with van der Waals surface area (Å²) in [7, 11) is 0. The van der Waals surface area contributed by atoms with Gasteiger partial charge in [0, 0.05) is 6.20 Å². The van der Waals surface area contributed by atoms with Crippen LogP contribution in [0.2, 0.25) is 5.02 Å². The molecule has 0 aliphatic heterocycles. The fraction of sp³-hybridized carbons (Fsp3) is 0.500. The van der Waals surface area contributed by atoms with Gasteiger partial charge in [-0.25, -0.2) is 9.37 Å². The third-order valence-electron chi connectivity index (χ3n) is 1.55. The zero-order valence-electron chi connectivity index (χ0n) is 8.67. The molecule has 1 rings (SSSR count). The number of hydrogen-bond donors (Lipinski definition) is 0. The first-order valence-corrected chi connectivity index (χ1v) is 5.03. The Morgan fingerprint density at radius 1 is 1.47 bits per heavy atom. The van der Waals surface area contributed by atoms with E-state index in [4.69, 9.17) is 21.1 Å². The van der Waals surface area contributed by atoms with E-state index in [2.05, 4.69) is 4.98 Å². The van der Waals surface area contributed by atoms with Crippen LogP contribution in [0.15, 0.2) is 12.3 Å². The first-order chi connectivity index (χ1) is 7.09. The standard InChI is InChI=1S/C10H13ClFNO2/c1-7(2)14-3-4-15-10-9(12)5-8(11)6-13-10/h5-7H,3-4H2,1-2H3. The molecule has 1 aromatic heterocycles. The van der Waals surface area contributed by atoms with Crippen molar-refractivity contribution < 1.29 is 13.9 Å². The number of aromatic nitrogens is 1. The normalized spacial score (nSPS) is 10.7. The molecule has 0 bridgehead atoms. The molecule has 1 heterocycles. The van der Waals surface area contributed by atoms with Crippen molar-refractivity contribution in [2.24, 2.45) is 0 Å². The summed E-state index contributed by atoms with van der Waals surface area (Å²) in [5.41, 5.74) is 0. The van der Waals surface area contributed by atoms with Crippen molar-refractivity contribution in [3.8, 4) is 5.88 Å². The summed E-state index contributed by atoms with van der Waals surface area (Å²) >= 11 is 5.54. The van der Waals surface area contributed by atoms with Gasteiger partial charge in [-0.3, -0.25) is 0 Å². The molecular weight excluding hydrogens is 221 g/mol. The molecule has 1 aromatic rings. The Bertz CT molecular complexity index is 320. The zero-order chi connectivity index (χ0) is 11.3. The van der Waals surface area contributed by atoms with E-state index in [0.717, 1.165) is 6.07 Å². The predicted octanol–water partition coefficient (Wildman–Crippen LogP) is 2.68. The van der Waals surface area contributed by atoms with Gasteiger partial charge >= 0.3 is 0 Å².